The van der Waals surface area contributed by atoms with Crippen molar-refractivity contribution in [3.63, 3.8) is 0 Å². The van der Waals surface area contributed by atoms with E-state index in [-0.39, 0.29) is 0 Å². The van der Waals surface area contributed by atoms with E-state index < -0.39 is 0 Å². The summed E-state index contributed by atoms with van der Waals surface area (Å²) in [5.41, 5.74) is 7.72. The molecule has 0 radical (unpaired) electrons. The predicted octanol–water partition coefficient (Wildman–Crippen LogP) is 2.32. The maximum Gasteiger partial charge on any atom is 0.122 e. The molecule has 0 saturated carbocycles. The first kappa shape index (κ1) is 12.6. The molecule has 104 valence electrons. The molecule has 0 bridgehead atoms. The summed E-state index contributed by atoms with van der Waals surface area (Å²) in [4.78, 5) is 2.64. The number of hydrogen-bond acceptors (Lipinski definition) is 4. The number of nitrogens with one attached hydrogen (secondary N) is 1. The largest absolute Gasteiger partial charge is 0.497 e. The predicted molar refractivity (Wildman–Crippen MR) is 78.6 cm³/mol. The van der Waals surface area contributed by atoms with Crippen molar-refractivity contribution in [1.82, 2.24) is 4.90 Å². The van der Waals surface area contributed by atoms with Crippen molar-refractivity contribution in [3.05, 3.63) is 18.2 Å². The van der Waals surface area contributed by atoms with E-state index in [9.17, 15) is 0 Å². The quantitative estimate of drug-likeness (QED) is 0.820. The molecule has 3 N–H and O–H groups in total. The minimum atomic E-state index is 0.561. The average Bonchev–Trinajstić information content (AvgIpc) is 2.85. The van der Waals surface area contributed by atoms with Crippen LogP contribution >= 0.6 is 0 Å². The van der Waals surface area contributed by atoms with Gasteiger partial charge in [0.25, 0.3) is 0 Å². The summed E-state index contributed by atoms with van der Waals surface area (Å²) in [5.74, 6) is 0.820. The number of benzene rings is 1. The Morgan fingerprint density at radius 3 is 3.00 bits per heavy atom. The van der Waals surface area contributed by atoms with Crippen LogP contribution in [-0.4, -0.2) is 37.2 Å². The fraction of sp³-hybridized carbons (Fsp3) is 0.600. The number of nitrogens with two attached hydrogens (primary N) is 1. The lowest BCUT2D eigenvalue weighted by Gasteiger charge is -2.35. The molecule has 3 rings (SSSR count). The summed E-state index contributed by atoms with van der Waals surface area (Å²) in [6.45, 7) is 2.52. The molecule has 2 fully saturated rings. The number of piperidine rings is 1. The van der Waals surface area contributed by atoms with E-state index in [2.05, 4.69) is 10.2 Å². The Balaban J connectivity index is 1.66. The molecular weight excluding hydrogens is 238 g/mol. The molecule has 2 heterocycles. The highest BCUT2D eigenvalue weighted by molar-refractivity contribution is 5.59. The van der Waals surface area contributed by atoms with Crippen molar-refractivity contribution < 1.29 is 4.74 Å². The monoisotopic (exact) mass is 261 g/mol. The fourth-order valence-corrected chi connectivity index (χ4v) is 3.41. The van der Waals surface area contributed by atoms with E-state index in [0.29, 0.717) is 6.04 Å². The van der Waals surface area contributed by atoms with Crippen LogP contribution in [0.4, 0.5) is 11.4 Å². The van der Waals surface area contributed by atoms with Gasteiger partial charge in [-0.2, -0.15) is 0 Å². The van der Waals surface area contributed by atoms with Gasteiger partial charge in [-0.1, -0.05) is 0 Å². The van der Waals surface area contributed by atoms with Gasteiger partial charge in [0.15, 0.2) is 0 Å². The maximum atomic E-state index is 5.90. The van der Waals surface area contributed by atoms with Gasteiger partial charge in [0.2, 0.25) is 0 Å². The molecule has 0 spiro atoms. The highest BCUT2D eigenvalue weighted by Gasteiger charge is 2.31. The van der Waals surface area contributed by atoms with Crippen molar-refractivity contribution in [2.24, 2.45) is 0 Å². The van der Waals surface area contributed by atoms with E-state index in [1.807, 2.05) is 18.2 Å². The molecule has 2 unspecified atom stereocenters. The lowest BCUT2D eigenvalue weighted by atomic mass is 9.97. The second-order valence-corrected chi connectivity index (χ2v) is 5.69. The zero-order chi connectivity index (χ0) is 13.2. The number of anilines is 2. The Kier molecular flexibility index (Phi) is 3.51. The number of rotatable bonds is 3. The number of methoxy groups -OCH3 is 1. The maximum absolute atomic E-state index is 5.90. The van der Waals surface area contributed by atoms with Crippen molar-refractivity contribution in [2.75, 3.05) is 31.2 Å². The van der Waals surface area contributed by atoms with Gasteiger partial charge in [-0.3, -0.25) is 0 Å². The van der Waals surface area contributed by atoms with Gasteiger partial charge in [0.05, 0.1) is 7.11 Å². The molecule has 4 nitrogen and oxygen atoms in total. The molecule has 1 aromatic carbocycles. The lowest BCUT2D eigenvalue weighted by Crippen LogP contribution is -2.42. The Bertz CT molecular complexity index is 449. The Morgan fingerprint density at radius 2 is 2.16 bits per heavy atom. The van der Waals surface area contributed by atoms with E-state index in [1.54, 1.807) is 7.11 Å². The molecule has 2 saturated heterocycles. The third-order valence-electron chi connectivity index (χ3n) is 4.36. The molecule has 0 aliphatic carbocycles. The van der Waals surface area contributed by atoms with Gasteiger partial charge < -0.3 is 20.7 Å². The molecular formula is C15H23N3O. The summed E-state index contributed by atoms with van der Waals surface area (Å²) in [7, 11) is 1.68. The molecule has 4 heteroatoms. The number of ether oxygens (including phenoxy) is 1. The highest BCUT2D eigenvalue weighted by Crippen LogP contribution is 2.30. The number of nitrogen functional groups attached to an aromatic ring is 1. The highest BCUT2D eigenvalue weighted by atomic mass is 16.5. The van der Waals surface area contributed by atoms with E-state index in [0.717, 1.165) is 23.2 Å². The summed E-state index contributed by atoms with van der Waals surface area (Å²) in [6, 6.07) is 7.21. The van der Waals surface area contributed by atoms with E-state index >= 15 is 0 Å². The molecule has 19 heavy (non-hydrogen) atoms. The van der Waals surface area contributed by atoms with Gasteiger partial charge in [0.1, 0.15) is 5.75 Å². The van der Waals surface area contributed by atoms with Crippen LogP contribution in [0.25, 0.3) is 0 Å². The van der Waals surface area contributed by atoms with E-state index in [1.165, 1.54) is 38.8 Å². The first-order valence-corrected chi connectivity index (χ1v) is 7.20. The van der Waals surface area contributed by atoms with Crippen LogP contribution in [0.5, 0.6) is 5.75 Å². The van der Waals surface area contributed by atoms with Gasteiger partial charge in [-0.05, 0) is 38.3 Å². The first-order valence-electron chi connectivity index (χ1n) is 7.20. The minimum absolute atomic E-state index is 0.561. The second kappa shape index (κ2) is 5.29. The van der Waals surface area contributed by atoms with Crippen LogP contribution < -0.4 is 15.8 Å². The van der Waals surface area contributed by atoms with Gasteiger partial charge >= 0.3 is 0 Å². The van der Waals surface area contributed by atoms with Crippen molar-refractivity contribution in [1.29, 1.82) is 0 Å². The molecule has 0 amide bonds. The Labute approximate surface area is 114 Å². The SMILES string of the molecule is COc1cc(N)cc(NC2CCN3CCCC3C2)c1. The van der Waals surface area contributed by atoms with Crippen LogP contribution in [-0.2, 0) is 0 Å². The van der Waals surface area contributed by atoms with Gasteiger partial charge in [-0.15, -0.1) is 0 Å². The fourth-order valence-electron chi connectivity index (χ4n) is 3.41. The average molecular weight is 261 g/mol. The van der Waals surface area contributed by atoms with Crippen molar-refractivity contribution in [3.8, 4) is 5.75 Å². The van der Waals surface area contributed by atoms with Crippen LogP contribution in [0.2, 0.25) is 0 Å². The van der Waals surface area contributed by atoms with Gasteiger partial charge in [0, 0.05) is 42.1 Å². The topological polar surface area (TPSA) is 50.5 Å². The van der Waals surface area contributed by atoms with Crippen molar-refractivity contribution in [2.45, 2.75) is 37.8 Å². The number of hydrogen-bond donors (Lipinski definition) is 2. The number of nitrogens with zero attached hydrogens (tertiary/aromatic N) is 1. The minimum Gasteiger partial charge on any atom is -0.497 e. The zero-order valence-electron chi connectivity index (χ0n) is 11.6. The van der Waals surface area contributed by atoms with Crippen LogP contribution in [0.15, 0.2) is 18.2 Å². The molecule has 1 aromatic rings. The normalized spacial score (nSPS) is 27.0. The third-order valence-corrected chi connectivity index (χ3v) is 4.36. The summed E-state index contributed by atoms with van der Waals surface area (Å²) < 4.78 is 5.27. The first-order chi connectivity index (χ1) is 9.24. The Hall–Kier alpha value is -1.42. The van der Waals surface area contributed by atoms with Gasteiger partial charge in [-0.25, -0.2) is 0 Å². The van der Waals surface area contributed by atoms with Crippen molar-refractivity contribution >= 4 is 11.4 Å². The van der Waals surface area contributed by atoms with Crippen LogP contribution in [0, 0.1) is 0 Å². The molecule has 2 aliphatic rings. The van der Waals surface area contributed by atoms with Crippen LogP contribution in [0.3, 0.4) is 0 Å². The molecule has 2 aliphatic heterocycles. The third kappa shape index (κ3) is 2.78. The smallest absolute Gasteiger partial charge is 0.122 e. The molecule has 2 atom stereocenters. The summed E-state index contributed by atoms with van der Waals surface area (Å²) in [6.07, 6.45) is 5.19. The number of fused-ring (bicyclic) bond motifs is 1. The lowest BCUT2D eigenvalue weighted by molar-refractivity contribution is 0.188. The van der Waals surface area contributed by atoms with E-state index in [4.69, 9.17) is 10.5 Å². The molecule has 0 aromatic heterocycles. The second-order valence-electron chi connectivity index (χ2n) is 5.69. The van der Waals surface area contributed by atoms with Crippen LogP contribution in [0.1, 0.15) is 25.7 Å². The Morgan fingerprint density at radius 1 is 1.26 bits per heavy atom. The standard InChI is InChI=1S/C15H23N3O/c1-19-15-8-11(16)7-13(10-15)17-12-4-6-18-5-2-3-14(18)9-12/h7-8,10,12,14,17H,2-6,9,16H2,1H3. The zero-order valence-corrected chi connectivity index (χ0v) is 11.6. The summed E-state index contributed by atoms with van der Waals surface area (Å²) in [5, 5.41) is 3.62. The summed E-state index contributed by atoms with van der Waals surface area (Å²) >= 11 is 0.